The van der Waals surface area contributed by atoms with E-state index in [0.717, 1.165) is 24.8 Å². The van der Waals surface area contributed by atoms with Gasteiger partial charge < -0.3 is 14.7 Å². The molecule has 25 heavy (non-hydrogen) atoms. The Morgan fingerprint density at radius 1 is 1.36 bits per heavy atom. The van der Waals surface area contributed by atoms with Gasteiger partial charge in [0.2, 0.25) is 0 Å². The summed E-state index contributed by atoms with van der Waals surface area (Å²) in [5.41, 5.74) is 1.14. The number of amides is 1. The molecule has 1 N–H and O–H groups in total. The Labute approximate surface area is 148 Å². The van der Waals surface area contributed by atoms with E-state index in [0.29, 0.717) is 24.5 Å². The molecule has 2 aromatic rings. The van der Waals surface area contributed by atoms with E-state index < -0.39 is 5.54 Å². The van der Waals surface area contributed by atoms with E-state index in [2.05, 4.69) is 4.98 Å². The van der Waals surface area contributed by atoms with Crippen molar-refractivity contribution in [3.05, 3.63) is 59.9 Å². The van der Waals surface area contributed by atoms with Crippen LogP contribution in [-0.2, 0) is 6.61 Å². The maximum Gasteiger partial charge on any atom is 0.254 e. The molecule has 1 fully saturated rings. The fourth-order valence-electron chi connectivity index (χ4n) is 3.42. The van der Waals surface area contributed by atoms with E-state index in [9.17, 15) is 9.90 Å². The Kier molecular flexibility index (Phi) is 5.34. The number of nitrogens with zero attached hydrogens (tertiary/aromatic N) is 2. The highest BCUT2D eigenvalue weighted by Crippen LogP contribution is 2.33. The van der Waals surface area contributed by atoms with E-state index in [4.69, 9.17) is 4.74 Å². The number of aromatic nitrogens is 1. The van der Waals surface area contributed by atoms with Crippen LogP contribution in [0.15, 0.2) is 48.8 Å². The van der Waals surface area contributed by atoms with Crippen LogP contribution < -0.4 is 4.74 Å². The van der Waals surface area contributed by atoms with Gasteiger partial charge in [-0.15, -0.1) is 0 Å². The number of benzene rings is 1. The van der Waals surface area contributed by atoms with Gasteiger partial charge in [-0.05, 0) is 43.5 Å². The molecular formula is C20H24N2O3. The van der Waals surface area contributed by atoms with Crippen LogP contribution in [0.4, 0.5) is 0 Å². The van der Waals surface area contributed by atoms with Crippen molar-refractivity contribution in [1.29, 1.82) is 0 Å². The molecule has 1 aliphatic rings. The Bertz CT molecular complexity index is 714. The highest BCUT2D eigenvalue weighted by molar-refractivity contribution is 5.95. The Morgan fingerprint density at radius 3 is 2.96 bits per heavy atom. The smallest absolute Gasteiger partial charge is 0.254 e. The van der Waals surface area contributed by atoms with Crippen molar-refractivity contribution in [2.75, 3.05) is 13.2 Å². The van der Waals surface area contributed by atoms with Crippen LogP contribution in [0, 0.1) is 0 Å². The van der Waals surface area contributed by atoms with E-state index in [1.54, 1.807) is 24.5 Å². The Hall–Kier alpha value is -2.40. The van der Waals surface area contributed by atoms with Crippen molar-refractivity contribution in [3.8, 4) is 5.75 Å². The first-order chi connectivity index (χ1) is 12.2. The molecule has 3 rings (SSSR count). The molecule has 0 bridgehead atoms. The average molecular weight is 340 g/mol. The summed E-state index contributed by atoms with van der Waals surface area (Å²) in [5, 5.41) is 9.82. The summed E-state index contributed by atoms with van der Waals surface area (Å²) in [6.07, 6.45) is 6.02. The van der Waals surface area contributed by atoms with E-state index in [-0.39, 0.29) is 12.5 Å². The van der Waals surface area contributed by atoms with Gasteiger partial charge in [0, 0.05) is 30.1 Å². The molecule has 1 aromatic carbocycles. The minimum atomic E-state index is -0.427. The second-order valence-electron chi connectivity index (χ2n) is 6.47. The van der Waals surface area contributed by atoms with Crippen molar-refractivity contribution in [1.82, 2.24) is 9.88 Å². The molecule has 0 spiro atoms. The third kappa shape index (κ3) is 3.66. The number of aliphatic hydroxyl groups excluding tert-OH is 1. The van der Waals surface area contributed by atoms with Crippen molar-refractivity contribution in [2.45, 2.75) is 38.3 Å². The largest absolute Gasteiger partial charge is 0.489 e. The third-order valence-electron chi connectivity index (χ3n) is 5.00. The molecule has 2 heterocycles. The SMILES string of the molecule is CCC1(CO)CCCN1C(=O)c1cccc(OCc2cccnc2)c1. The van der Waals surface area contributed by atoms with E-state index >= 15 is 0 Å². The Balaban J connectivity index is 1.73. The summed E-state index contributed by atoms with van der Waals surface area (Å²) in [4.78, 5) is 18.8. The van der Waals surface area contributed by atoms with Crippen molar-refractivity contribution in [2.24, 2.45) is 0 Å². The normalized spacial score (nSPS) is 19.8. The van der Waals surface area contributed by atoms with Crippen LogP contribution in [0.25, 0.3) is 0 Å². The maximum atomic E-state index is 13.0. The van der Waals surface area contributed by atoms with Gasteiger partial charge in [0.1, 0.15) is 12.4 Å². The lowest BCUT2D eigenvalue weighted by atomic mass is 9.93. The summed E-state index contributed by atoms with van der Waals surface area (Å²) < 4.78 is 5.79. The average Bonchev–Trinajstić information content (AvgIpc) is 3.11. The number of rotatable bonds is 6. The molecule has 1 saturated heterocycles. The van der Waals surface area contributed by atoms with E-state index in [1.165, 1.54) is 0 Å². The zero-order chi connectivity index (χ0) is 17.7. The van der Waals surface area contributed by atoms with Gasteiger partial charge >= 0.3 is 0 Å². The molecule has 1 aromatic heterocycles. The number of pyridine rings is 1. The van der Waals surface area contributed by atoms with Gasteiger partial charge in [-0.25, -0.2) is 0 Å². The summed E-state index contributed by atoms with van der Waals surface area (Å²) in [6, 6.07) is 11.1. The number of carbonyl (C=O) groups excluding carboxylic acids is 1. The molecule has 0 radical (unpaired) electrons. The standard InChI is InChI=1S/C20H24N2O3/c1-2-20(15-23)9-5-11-22(20)19(24)17-7-3-8-18(12-17)25-14-16-6-4-10-21-13-16/h3-4,6-8,10,12-13,23H,2,5,9,11,14-15H2,1H3. The number of hydrogen-bond donors (Lipinski definition) is 1. The maximum absolute atomic E-state index is 13.0. The number of hydrogen-bond acceptors (Lipinski definition) is 4. The molecule has 132 valence electrons. The van der Waals surface area contributed by atoms with Gasteiger partial charge in [-0.2, -0.15) is 0 Å². The van der Waals surface area contributed by atoms with Crippen LogP contribution >= 0.6 is 0 Å². The molecular weight excluding hydrogens is 316 g/mol. The first-order valence-electron chi connectivity index (χ1n) is 8.73. The molecule has 0 aliphatic carbocycles. The molecule has 5 heteroatoms. The number of likely N-dealkylation sites (tertiary alicyclic amines) is 1. The minimum absolute atomic E-state index is 0.00639. The van der Waals surface area contributed by atoms with Gasteiger partial charge in [0.15, 0.2) is 0 Å². The lowest BCUT2D eigenvalue weighted by Crippen LogP contribution is -2.49. The molecule has 1 amide bonds. The van der Waals surface area contributed by atoms with Crippen molar-refractivity contribution >= 4 is 5.91 Å². The second kappa shape index (κ2) is 7.66. The van der Waals surface area contributed by atoms with Crippen molar-refractivity contribution in [3.63, 3.8) is 0 Å². The zero-order valence-electron chi connectivity index (χ0n) is 14.5. The monoisotopic (exact) mass is 340 g/mol. The van der Waals surface area contributed by atoms with E-state index in [1.807, 2.05) is 36.1 Å². The number of carbonyl (C=O) groups is 1. The van der Waals surface area contributed by atoms with Gasteiger partial charge in [0.05, 0.1) is 12.1 Å². The summed E-state index contributed by atoms with van der Waals surface area (Å²) in [5.74, 6) is 0.611. The lowest BCUT2D eigenvalue weighted by Gasteiger charge is -2.36. The highest BCUT2D eigenvalue weighted by atomic mass is 16.5. The number of ether oxygens (including phenoxy) is 1. The first kappa shape index (κ1) is 17.4. The first-order valence-corrected chi connectivity index (χ1v) is 8.73. The summed E-state index contributed by atoms with van der Waals surface area (Å²) in [6.45, 7) is 3.13. The van der Waals surface area contributed by atoms with Crippen LogP contribution in [0.2, 0.25) is 0 Å². The summed E-state index contributed by atoms with van der Waals surface area (Å²) in [7, 11) is 0. The predicted molar refractivity (Wildman–Crippen MR) is 95.4 cm³/mol. The molecule has 5 nitrogen and oxygen atoms in total. The fraction of sp³-hybridized carbons (Fsp3) is 0.400. The molecule has 0 saturated carbocycles. The number of aliphatic hydroxyl groups is 1. The van der Waals surface area contributed by atoms with Gasteiger partial charge in [0.25, 0.3) is 5.91 Å². The minimum Gasteiger partial charge on any atom is -0.489 e. The quantitative estimate of drug-likeness (QED) is 0.878. The van der Waals surface area contributed by atoms with Gasteiger partial charge in [-0.3, -0.25) is 9.78 Å². The summed E-state index contributed by atoms with van der Waals surface area (Å²) >= 11 is 0. The van der Waals surface area contributed by atoms with Crippen molar-refractivity contribution < 1.29 is 14.6 Å². The van der Waals surface area contributed by atoms with Crippen LogP contribution in [0.3, 0.4) is 0 Å². The fourth-order valence-corrected chi connectivity index (χ4v) is 3.42. The Morgan fingerprint density at radius 2 is 2.24 bits per heavy atom. The molecule has 1 atom stereocenters. The molecule has 1 aliphatic heterocycles. The molecule has 1 unspecified atom stereocenters. The third-order valence-corrected chi connectivity index (χ3v) is 5.00. The van der Waals surface area contributed by atoms with Crippen LogP contribution in [0.5, 0.6) is 5.75 Å². The van der Waals surface area contributed by atoms with Crippen LogP contribution in [0.1, 0.15) is 42.1 Å². The zero-order valence-corrected chi connectivity index (χ0v) is 14.5. The topological polar surface area (TPSA) is 62.7 Å². The second-order valence-corrected chi connectivity index (χ2v) is 6.47. The van der Waals surface area contributed by atoms with Gasteiger partial charge in [-0.1, -0.05) is 19.1 Å². The lowest BCUT2D eigenvalue weighted by molar-refractivity contribution is 0.0397. The highest BCUT2D eigenvalue weighted by Gasteiger charge is 2.41. The predicted octanol–water partition coefficient (Wildman–Crippen LogP) is 3.04. The van der Waals surface area contributed by atoms with Crippen LogP contribution in [-0.4, -0.2) is 39.6 Å².